The highest BCUT2D eigenvalue weighted by atomic mass is 32.1. The van der Waals surface area contributed by atoms with Gasteiger partial charge in [-0.2, -0.15) is 12.6 Å². The summed E-state index contributed by atoms with van der Waals surface area (Å²) < 4.78 is 5.10. The SMILES string of the molecule is CC(C)CCCCCCCCCCCCCCCOC(=O)[C@@H](N)CS. The van der Waals surface area contributed by atoms with Crippen LogP contribution in [0.1, 0.15) is 104 Å². The lowest BCUT2D eigenvalue weighted by molar-refractivity contribution is -0.144. The molecule has 0 aromatic heterocycles. The van der Waals surface area contributed by atoms with Crippen LogP contribution in [0.4, 0.5) is 0 Å². The molecule has 1 atom stereocenters. The molecule has 0 aromatic rings. The summed E-state index contributed by atoms with van der Waals surface area (Å²) in [7, 11) is 0. The van der Waals surface area contributed by atoms with Gasteiger partial charge < -0.3 is 10.5 Å². The number of carbonyl (C=O) groups is 1. The van der Waals surface area contributed by atoms with E-state index in [1.165, 1.54) is 77.0 Å². The number of thiol groups is 1. The third kappa shape index (κ3) is 18.4. The predicted octanol–water partition coefficient (Wildman–Crippen LogP) is 5.90. The maximum atomic E-state index is 11.3. The van der Waals surface area contributed by atoms with Gasteiger partial charge >= 0.3 is 5.97 Å². The molecule has 0 radical (unpaired) electrons. The number of nitrogens with two attached hydrogens (primary N) is 1. The standard InChI is InChI=1S/C21H43NO2S/c1-19(2)16-14-12-10-8-6-4-3-5-7-9-11-13-15-17-24-21(23)20(22)18-25/h19-20,25H,3-18,22H2,1-2H3/t20-/m0/s1. The summed E-state index contributed by atoms with van der Waals surface area (Å²) >= 11 is 3.99. The van der Waals surface area contributed by atoms with Crippen molar-refractivity contribution in [3.63, 3.8) is 0 Å². The highest BCUT2D eigenvalue weighted by Gasteiger charge is 2.11. The number of rotatable bonds is 18. The van der Waals surface area contributed by atoms with E-state index in [4.69, 9.17) is 10.5 Å². The van der Waals surface area contributed by atoms with Crippen LogP contribution < -0.4 is 5.73 Å². The summed E-state index contributed by atoms with van der Waals surface area (Å²) in [6.07, 6.45) is 18.7. The van der Waals surface area contributed by atoms with E-state index in [0.29, 0.717) is 12.4 Å². The van der Waals surface area contributed by atoms with Crippen LogP contribution >= 0.6 is 12.6 Å². The van der Waals surface area contributed by atoms with Crippen LogP contribution in [-0.4, -0.2) is 24.4 Å². The van der Waals surface area contributed by atoms with Gasteiger partial charge in [0.2, 0.25) is 0 Å². The van der Waals surface area contributed by atoms with Crippen molar-refractivity contribution in [2.45, 2.75) is 110 Å². The molecule has 4 heteroatoms. The molecule has 2 N–H and O–H groups in total. The smallest absolute Gasteiger partial charge is 0.323 e. The van der Waals surface area contributed by atoms with Gasteiger partial charge in [0.25, 0.3) is 0 Å². The molecule has 0 amide bonds. The van der Waals surface area contributed by atoms with Crippen molar-refractivity contribution in [2.24, 2.45) is 11.7 Å². The molecule has 25 heavy (non-hydrogen) atoms. The minimum Gasteiger partial charge on any atom is -0.465 e. The second kappa shape index (κ2) is 18.6. The second-order valence-corrected chi connectivity index (χ2v) is 8.10. The van der Waals surface area contributed by atoms with Crippen LogP contribution in [0.5, 0.6) is 0 Å². The first-order valence-corrected chi connectivity index (χ1v) is 11.2. The largest absolute Gasteiger partial charge is 0.465 e. The van der Waals surface area contributed by atoms with Crippen molar-refractivity contribution < 1.29 is 9.53 Å². The van der Waals surface area contributed by atoms with Crippen molar-refractivity contribution >= 4 is 18.6 Å². The fourth-order valence-corrected chi connectivity index (χ4v) is 3.10. The Kier molecular flexibility index (Phi) is 18.4. The summed E-state index contributed by atoms with van der Waals surface area (Å²) in [6, 6.07) is -0.580. The van der Waals surface area contributed by atoms with Crippen LogP contribution in [-0.2, 0) is 9.53 Å². The molecule has 0 aromatic carbocycles. The zero-order valence-electron chi connectivity index (χ0n) is 16.8. The fourth-order valence-electron chi connectivity index (χ4n) is 2.95. The fraction of sp³-hybridized carbons (Fsp3) is 0.952. The summed E-state index contributed by atoms with van der Waals surface area (Å²) in [5.41, 5.74) is 5.54. The maximum Gasteiger partial charge on any atom is 0.323 e. The molecule has 0 heterocycles. The first kappa shape index (κ1) is 24.8. The molecule has 150 valence electrons. The summed E-state index contributed by atoms with van der Waals surface area (Å²) in [4.78, 5) is 11.3. The first-order valence-electron chi connectivity index (χ1n) is 10.6. The van der Waals surface area contributed by atoms with Gasteiger partial charge in [-0.1, -0.05) is 97.3 Å². The van der Waals surface area contributed by atoms with Crippen molar-refractivity contribution in [1.29, 1.82) is 0 Å². The van der Waals surface area contributed by atoms with Crippen LogP contribution in [0.2, 0.25) is 0 Å². The Morgan fingerprint density at radius 3 is 1.60 bits per heavy atom. The number of hydrogen-bond acceptors (Lipinski definition) is 4. The van der Waals surface area contributed by atoms with Gasteiger partial charge in [0.1, 0.15) is 6.04 Å². The van der Waals surface area contributed by atoms with E-state index in [2.05, 4.69) is 26.5 Å². The highest BCUT2D eigenvalue weighted by Crippen LogP contribution is 2.14. The van der Waals surface area contributed by atoms with Gasteiger partial charge in [-0.3, -0.25) is 4.79 Å². The number of carbonyl (C=O) groups excluding carboxylic acids is 1. The topological polar surface area (TPSA) is 52.3 Å². The van der Waals surface area contributed by atoms with E-state index in [1.54, 1.807) is 0 Å². The number of esters is 1. The molecule has 0 saturated heterocycles. The molecule has 0 fully saturated rings. The molecule has 0 unspecified atom stereocenters. The van der Waals surface area contributed by atoms with E-state index in [0.717, 1.165) is 18.8 Å². The van der Waals surface area contributed by atoms with E-state index in [-0.39, 0.29) is 5.97 Å². The van der Waals surface area contributed by atoms with Crippen molar-refractivity contribution in [2.75, 3.05) is 12.4 Å². The van der Waals surface area contributed by atoms with Gasteiger partial charge in [-0.25, -0.2) is 0 Å². The minimum atomic E-state index is -0.580. The van der Waals surface area contributed by atoms with Crippen molar-refractivity contribution in [3.8, 4) is 0 Å². The Labute approximate surface area is 162 Å². The van der Waals surface area contributed by atoms with Gasteiger partial charge in [-0.05, 0) is 12.3 Å². The summed E-state index contributed by atoms with van der Waals surface area (Å²) in [5, 5.41) is 0. The third-order valence-electron chi connectivity index (χ3n) is 4.67. The zero-order valence-corrected chi connectivity index (χ0v) is 17.7. The number of ether oxygens (including phenoxy) is 1. The molecule has 0 bridgehead atoms. The van der Waals surface area contributed by atoms with Crippen LogP contribution in [0.15, 0.2) is 0 Å². The van der Waals surface area contributed by atoms with Crippen LogP contribution in [0.25, 0.3) is 0 Å². The maximum absolute atomic E-state index is 11.3. The Balaban J connectivity index is 3.11. The van der Waals surface area contributed by atoms with E-state index < -0.39 is 6.04 Å². The van der Waals surface area contributed by atoms with E-state index in [1.807, 2.05) is 0 Å². The average Bonchev–Trinajstić information content (AvgIpc) is 2.60. The molecule has 3 nitrogen and oxygen atoms in total. The first-order chi connectivity index (χ1) is 12.1. The Hall–Kier alpha value is -0.220. The Bertz CT molecular complexity index is 298. The minimum absolute atomic E-state index is 0.324. The van der Waals surface area contributed by atoms with Gasteiger partial charge in [0.15, 0.2) is 0 Å². The quantitative estimate of drug-likeness (QED) is 0.178. The molecule has 0 aliphatic heterocycles. The monoisotopic (exact) mass is 373 g/mol. The van der Waals surface area contributed by atoms with Gasteiger partial charge in [-0.15, -0.1) is 0 Å². The average molecular weight is 374 g/mol. The molecule has 0 saturated carbocycles. The lowest BCUT2D eigenvalue weighted by Crippen LogP contribution is -2.34. The predicted molar refractivity (Wildman–Crippen MR) is 112 cm³/mol. The van der Waals surface area contributed by atoms with E-state index >= 15 is 0 Å². The van der Waals surface area contributed by atoms with Crippen LogP contribution in [0, 0.1) is 5.92 Å². The van der Waals surface area contributed by atoms with Gasteiger partial charge in [0, 0.05) is 5.75 Å². The number of hydrogen-bond donors (Lipinski definition) is 2. The summed E-state index contributed by atoms with van der Waals surface area (Å²) in [5.74, 6) is 0.887. The highest BCUT2D eigenvalue weighted by molar-refractivity contribution is 7.80. The molecular weight excluding hydrogens is 330 g/mol. The molecule has 0 aliphatic carbocycles. The Morgan fingerprint density at radius 1 is 0.800 bits per heavy atom. The normalized spacial score (nSPS) is 12.5. The number of unbranched alkanes of at least 4 members (excludes halogenated alkanes) is 12. The zero-order chi connectivity index (χ0) is 18.8. The summed E-state index contributed by atoms with van der Waals surface area (Å²) in [6.45, 7) is 5.13. The Morgan fingerprint density at radius 2 is 1.20 bits per heavy atom. The lowest BCUT2D eigenvalue weighted by atomic mass is 10.0. The van der Waals surface area contributed by atoms with Gasteiger partial charge in [0.05, 0.1) is 6.61 Å². The molecule has 0 spiro atoms. The molecule has 0 aliphatic rings. The molecular formula is C21H43NO2S. The second-order valence-electron chi connectivity index (χ2n) is 7.74. The molecule has 0 rings (SSSR count). The van der Waals surface area contributed by atoms with Crippen molar-refractivity contribution in [1.82, 2.24) is 0 Å². The lowest BCUT2D eigenvalue weighted by Gasteiger charge is -2.08. The van der Waals surface area contributed by atoms with E-state index in [9.17, 15) is 4.79 Å². The van der Waals surface area contributed by atoms with Crippen LogP contribution in [0.3, 0.4) is 0 Å². The van der Waals surface area contributed by atoms with Crippen molar-refractivity contribution in [3.05, 3.63) is 0 Å². The third-order valence-corrected chi connectivity index (χ3v) is 5.06.